The normalized spacial score (nSPS) is 11.5. The molecule has 0 fully saturated rings. The summed E-state index contributed by atoms with van der Waals surface area (Å²) in [5, 5.41) is 0. The number of nitrogens with two attached hydrogens (primary N) is 1. The second-order valence-corrected chi connectivity index (χ2v) is 5.59. The van der Waals surface area contributed by atoms with E-state index in [1.165, 1.54) is 14.2 Å². The highest BCUT2D eigenvalue weighted by atomic mass is 16.5. The molecule has 2 aromatic rings. The molecule has 0 radical (unpaired) electrons. The molecule has 0 aliphatic carbocycles. The Morgan fingerprint density at radius 1 is 0.960 bits per heavy atom. The van der Waals surface area contributed by atoms with Crippen LogP contribution in [0.3, 0.4) is 0 Å². The van der Waals surface area contributed by atoms with Crippen LogP contribution >= 0.6 is 0 Å². The van der Waals surface area contributed by atoms with E-state index in [0.29, 0.717) is 40.7 Å². The summed E-state index contributed by atoms with van der Waals surface area (Å²) in [5.74, 6) is 1.01. The summed E-state index contributed by atoms with van der Waals surface area (Å²) in [6.07, 6.45) is 0. The van der Waals surface area contributed by atoms with Crippen molar-refractivity contribution < 1.29 is 19.0 Å². The first-order chi connectivity index (χ1) is 12.0. The van der Waals surface area contributed by atoms with Crippen LogP contribution in [0, 0.1) is 0 Å². The molecule has 25 heavy (non-hydrogen) atoms. The molecule has 2 aromatic carbocycles. The molecule has 0 amide bonds. The van der Waals surface area contributed by atoms with E-state index in [4.69, 9.17) is 19.9 Å². The minimum Gasteiger partial charge on any atom is -0.493 e. The maximum atomic E-state index is 12.8. The third-order valence-corrected chi connectivity index (χ3v) is 3.90. The van der Waals surface area contributed by atoms with Crippen LogP contribution in [0.15, 0.2) is 53.7 Å². The maximum absolute atomic E-state index is 12.8. The average Bonchev–Trinajstić information content (AvgIpc) is 2.64. The van der Waals surface area contributed by atoms with E-state index >= 15 is 0 Å². The van der Waals surface area contributed by atoms with E-state index < -0.39 is 0 Å². The molecule has 0 unspecified atom stereocenters. The Balaban J connectivity index is 2.48. The maximum Gasteiger partial charge on any atom is 0.204 e. The van der Waals surface area contributed by atoms with Gasteiger partial charge in [-0.3, -0.25) is 4.79 Å². The Bertz CT molecular complexity index is 778. The number of methoxy groups -OCH3 is 2. The fourth-order valence-corrected chi connectivity index (χ4v) is 2.33. The Hall–Kier alpha value is -2.95. The standard InChI is InChI=1S/C20H23NO4/c1-13(14(2)21)18(22)16-10-11-17(23-3)20(24-4)19(16)25-12-15-8-6-5-7-9-15/h5-11H,12,21H2,1-4H3/b14-13-. The predicted octanol–water partition coefficient (Wildman–Crippen LogP) is 3.72. The molecule has 2 rings (SSSR count). The molecule has 0 bridgehead atoms. The Labute approximate surface area is 148 Å². The molecule has 0 spiro atoms. The van der Waals surface area contributed by atoms with Crippen LogP contribution in [0.4, 0.5) is 0 Å². The molecule has 0 saturated carbocycles. The zero-order valence-corrected chi connectivity index (χ0v) is 15.0. The van der Waals surface area contributed by atoms with Crippen molar-refractivity contribution in [3.8, 4) is 17.2 Å². The first kappa shape index (κ1) is 18.4. The van der Waals surface area contributed by atoms with Gasteiger partial charge in [-0.1, -0.05) is 30.3 Å². The number of ketones is 1. The van der Waals surface area contributed by atoms with Gasteiger partial charge >= 0.3 is 0 Å². The number of carbonyl (C=O) groups is 1. The summed E-state index contributed by atoms with van der Waals surface area (Å²) in [6, 6.07) is 13.0. The topological polar surface area (TPSA) is 70.8 Å². The van der Waals surface area contributed by atoms with Gasteiger partial charge < -0.3 is 19.9 Å². The number of hydrogen-bond donors (Lipinski definition) is 1. The minimum absolute atomic E-state index is 0.205. The SMILES string of the molecule is COc1ccc(C(=O)/C(C)=C(/C)N)c(OCc2ccccc2)c1OC. The molecule has 2 N–H and O–H groups in total. The van der Waals surface area contributed by atoms with Crippen LogP contribution < -0.4 is 19.9 Å². The van der Waals surface area contributed by atoms with Gasteiger partial charge in [0.25, 0.3) is 0 Å². The van der Waals surface area contributed by atoms with Crippen LogP contribution in [0.1, 0.15) is 29.8 Å². The van der Waals surface area contributed by atoms with E-state index in [1.54, 1.807) is 26.0 Å². The number of benzene rings is 2. The Morgan fingerprint density at radius 2 is 1.64 bits per heavy atom. The number of hydrogen-bond acceptors (Lipinski definition) is 5. The van der Waals surface area contributed by atoms with Gasteiger partial charge in [-0.15, -0.1) is 0 Å². The number of ether oxygens (including phenoxy) is 3. The molecule has 0 saturated heterocycles. The van der Waals surface area contributed by atoms with Gasteiger partial charge in [-0.2, -0.15) is 0 Å². The van der Waals surface area contributed by atoms with Gasteiger partial charge in [-0.05, 0) is 31.5 Å². The van der Waals surface area contributed by atoms with Crippen LogP contribution in [0.2, 0.25) is 0 Å². The van der Waals surface area contributed by atoms with Crippen LogP contribution in [0.25, 0.3) is 0 Å². The zero-order valence-electron chi connectivity index (χ0n) is 15.0. The van der Waals surface area contributed by atoms with E-state index in [9.17, 15) is 4.79 Å². The summed E-state index contributed by atoms with van der Waals surface area (Å²) in [4.78, 5) is 12.8. The lowest BCUT2D eigenvalue weighted by molar-refractivity contribution is 0.102. The van der Waals surface area contributed by atoms with Gasteiger partial charge in [0.15, 0.2) is 17.3 Å². The second-order valence-electron chi connectivity index (χ2n) is 5.59. The van der Waals surface area contributed by atoms with Crippen molar-refractivity contribution in [1.29, 1.82) is 0 Å². The minimum atomic E-state index is -0.205. The lowest BCUT2D eigenvalue weighted by Crippen LogP contribution is -2.11. The lowest BCUT2D eigenvalue weighted by Gasteiger charge is -2.17. The molecule has 5 nitrogen and oxygen atoms in total. The summed E-state index contributed by atoms with van der Waals surface area (Å²) in [5.41, 5.74) is 8.08. The van der Waals surface area contributed by atoms with Gasteiger partial charge in [0, 0.05) is 11.3 Å². The monoisotopic (exact) mass is 341 g/mol. The number of carbonyl (C=O) groups excluding carboxylic acids is 1. The van der Waals surface area contributed by atoms with Crippen molar-refractivity contribution in [3.63, 3.8) is 0 Å². The molecular weight excluding hydrogens is 318 g/mol. The van der Waals surface area contributed by atoms with Crippen molar-refractivity contribution in [2.45, 2.75) is 20.5 Å². The molecule has 0 aliphatic heterocycles. The second kappa shape index (κ2) is 8.24. The van der Waals surface area contributed by atoms with Gasteiger partial charge in [0.05, 0.1) is 19.8 Å². The predicted molar refractivity (Wildman–Crippen MR) is 97.2 cm³/mol. The molecule has 132 valence electrons. The average molecular weight is 341 g/mol. The third kappa shape index (κ3) is 4.12. The smallest absolute Gasteiger partial charge is 0.204 e. The zero-order chi connectivity index (χ0) is 18.4. The molecule has 0 aromatic heterocycles. The highest BCUT2D eigenvalue weighted by molar-refractivity contribution is 6.11. The van der Waals surface area contributed by atoms with E-state index in [2.05, 4.69) is 0 Å². The number of rotatable bonds is 7. The Morgan fingerprint density at radius 3 is 2.20 bits per heavy atom. The van der Waals surface area contributed by atoms with Gasteiger partial charge in [-0.25, -0.2) is 0 Å². The molecule has 5 heteroatoms. The highest BCUT2D eigenvalue weighted by Crippen LogP contribution is 2.41. The van der Waals surface area contributed by atoms with E-state index in [0.717, 1.165) is 5.56 Å². The quantitative estimate of drug-likeness (QED) is 0.614. The first-order valence-electron chi connectivity index (χ1n) is 7.89. The van der Waals surface area contributed by atoms with Crippen LogP contribution in [-0.2, 0) is 6.61 Å². The third-order valence-electron chi connectivity index (χ3n) is 3.90. The van der Waals surface area contributed by atoms with Crippen molar-refractivity contribution in [2.24, 2.45) is 5.73 Å². The summed E-state index contributed by atoms with van der Waals surface area (Å²) in [6.45, 7) is 3.68. The molecular formula is C20H23NO4. The van der Waals surface area contributed by atoms with Gasteiger partial charge in [0.1, 0.15) is 6.61 Å². The van der Waals surface area contributed by atoms with Crippen molar-refractivity contribution in [1.82, 2.24) is 0 Å². The number of Topliss-reactive ketones (excluding diaryl/α,β-unsaturated/α-hetero) is 1. The van der Waals surface area contributed by atoms with Crippen molar-refractivity contribution >= 4 is 5.78 Å². The van der Waals surface area contributed by atoms with E-state index in [-0.39, 0.29) is 5.78 Å². The van der Waals surface area contributed by atoms with Crippen molar-refractivity contribution in [3.05, 3.63) is 64.9 Å². The van der Waals surface area contributed by atoms with Crippen LogP contribution in [-0.4, -0.2) is 20.0 Å². The lowest BCUT2D eigenvalue weighted by atomic mass is 10.0. The fourth-order valence-electron chi connectivity index (χ4n) is 2.33. The summed E-state index contributed by atoms with van der Waals surface area (Å²) >= 11 is 0. The highest BCUT2D eigenvalue weighted by Gasteiger charge is 2.22. The van der Waals surface area contributed by atoms with Gasteiger partial charge in [0.2, 0.25) is 5.75 Å². The molecule has 0 aliphatic rings. The fraction of sp³-hybridized carbons (Fsp3) is 0.250. The largest absolute Gasteiger partial charge is 0.493 e. The molecule has 0 heterocycles. The summed E-state index contributed by atoms with van der Waals surface area (Å²) in [7, 11) is 3.05. The Kier molecular flexibility index (Phi) is 6.06. The van der Waals surface area contributed by atoms with Crippen molar-refractivity contribution in [2.75, 3.05) is 14.2 Å². The van der Waals surface area contributed by atoms with Crippen LogP contribution in [0.5, 0.6) is 17.2 Å². The number of allylic oxidation sites excluding steroid dienone is 2. The van der Waals surface area contributed by atoms with E-state index in [1.807, 2.05) is 30.3 Å². The summed E-state index contributed by atoms with van der Waals surface area (Å²) < 4.78 is 16.7. The first-order valence-corrected chi connectivity index (χ1v) is 7.89. The molecule has 0 atom stereocenters.